The lowest BCUT2D eigenvalue weighted by atomic mass is 10.2. The van der Waals surface area contributed by atoms with E-state index in [4.69, 9.17) is 9.73 Å². The number of hydrogen-bond donors (Lipinski definition) is 1. The van der Waals surface area contributed by atoms with Crippen molar-refractivity contribution in [3.63, 3.8) is 0 Å². The molecule has 7 nitrogen and oxygen atoms in total. The van der Waals surface area contributed by atoms with Crippen LogP contribution in [-0.4, -0.2) is 67.0 Å². The van der Waals surface area contributed by atoms with E-state index in [0.29, 0.717) is 0 Å². The molecular formula is C22H34N6O. The zero-order chi connectivity index (χ0) is 20.6. The zero-order valence-corrected chi connectivity index (χ0v) is 18.2. The van der Waals surface area contributed by atoms with Crippen LogP contribution < -0.4 is 15.0 Å². The van der Waals surface area contributed by atoms with E-state index >= 15 is 0 Å². The molecule has 0 saturated carbocycles. The number of anilines is 1. The number of aryl methyl sites for hydroxylation is 3. The first-order valence-corrected chi connectivity index (χ1v) is 10.5. The van der Waals surface area contributed by atoms with E-state index in [2.05, 4.69) is 63.0 Å². The predicted molar refractivity (Wildman–Crippen MR) is 119 cm³/mol. The third-order valence-electron chi connectivity index (χ3n) is 5.23. The molecule has 1 aromatic heterocycles. The van der Waals surface area contributed by atoms with Gasteiger partial charge in [0.25, 0.3) is 0 Å². The second-order valence-electron chi connectivity index (χ2n) is 7.42. The summed E-state index contributed by atoms with van der Waals surface area (Å²) in [5, 5.41) is 7.98. The van der Waals surface area contributed by atoms with Gasteiger partial charge in [0, 0.05) is 63.3 Å². The normalized spacial score (nSPS) is 15.0. The molecule has 1 aliphatic rings. The van der Waals surface area contributed by atoms with Gasteiger partial charge >= 0.3 is 0 Å². The molecule has 2 aromatic rings. The first kappa shape index (κ1) is 21.0. The molecule has 0 unspecified atom stereocenters. The number of rotatable bonds is 7. The summed E-state index contributed by atoms with van der Waals surface area (Å²) in [5.74, 6) is 1.92. The van der Waals surface area contributed by atoms with E-state index in [1.807, 2.05) is 13.0 Å². The molecule has 2 heterocycles. The van der Waals surface area contributed by atoms with Crippen LogP contribution in [0.5, 0.6) is 5.75 Å². The van der Waals surface area contributed by atoms with Crippen molar-refractivity contribution in [3.05, 3.63) is 41.7 Å². The Kier molecular flexibility index (Phi) is 7.38. The number of aromatic nitrogens is 2. The largest absolute Gasteiger partial charge is 0.497 e. The standard InChI is InChI=1S/C22H34N6O/c1-5-23-22(24-10-7-11-28-19(3)16-18(2)25-28)27-14-12-26(13-15-27)20-8-6-9-21(17-20)29-4/h6,8-9,16-17H,5,7,10-15H2,1-4H3,(H,23,24). The SMILES string of the molecule is CCNC(=NCCCn1nc(C)cc1C)N1CCN(c2cccc(OC)c2)CC1. The second-order valence-corrected chi connectivity index (χ2v) is 7.42. The van der Waals surface area contributed by atoms with Gasteiger partial charge in [0.1, 0.15) is 5.75 Å². The second kappa shape index (κ2) is 10.2. The van der Waals surface area contributed by atoms with E-state index < -0.39 is 0 Å². The van der Waals surface area contributed by atoms with Crippen molar-refractivity contribution in [1.82, 2.24) is 20.0 Å². The number of piperazine rings is 1. The summed E-state index contributed by atoms with van der Waals surface area (Å²) in [6.45, 7) is 12.7. The molecule has 3 rings (SSSR count). The van der Waals surface area contributed by atoms with E-state index in [-0.39, 0.29) is 0 Å². The van der Waals surface area contributed by atoms with Crippen molar-refractivity contribution in [2.45, 2.75) is 33.7 Å². The van der Waals surface area contributed by atoms with Gasteiger partial charge < -0.3 is 19.9 Å². The average molecular weight is 399 g/mol. The lowest BCUT2D eigenvalue weighted by molar-refractivity contribution is 0.371. The molecule has 0 aliphatic carbocycles. The Balaban J connectivity index is 1.52. The fraction of sp³-hybridized carbons (Fsp3) is 0.545. The summed E-state index contributed by atoms with van der Waals surface area (Å²) in [5.41, 5.74) is 3.51. The molecule has 0 spiro atoms. The highest BCUT2D eigenvalue weighted by molar-refractivity contribution is 5.80. The Morgan fingerprint density at radius 1 is 1.17 bits per heavy atom. The van der Waals surface area contributed by atoms with Crippen molar-refractivity contribution in [1.29, 1.82) is 0 Å². The number of hydrogen-bond acceptors (Lipinski definition) is 4. The van der Waals surface area contributed by atoms with Crippen LogP contribution in [0.15, 0.2) is 35.3 Å². The topological polar surface area (TPSA) is 57.9 Å². The minimum Gasteiger partial charge on any atom is -0.497 e. The van der Waals surface area contributed by atoms with Crippen molar-refractivity contribution in [3.8, 4) is 5.75 Å². The Labute approximate surface area is 174 Å². The molecule has 0 atom stereocenters. The molecule has 1 saturated heterocycles. The van der Waals surface area contributed by atoms with Crippen LogP contribution >= 0.6 is 0 Å². The van der Waals surface area contributed by atoms with Gasteiger partial charge in [-0.25, -0.2) is 0 Å². The van der Waals surface area contributed by atoms with Crippen molar-refractivity contribution in [2.75, 3.05) is 51.3 Å². The lowest BCUT2D eigenvalue weighted by Gasteiger charge is -2.37. The van der Waals surface area contributed by atoms with Crippen LogP contribution in [0.1, 0.15) is 24.7 Å². The Hall–Kier alpha value is -2.70. The van der Waals surface area contributed by atoms with E-state index in [9.17, 15) is 0 Å². The summed E-state index contributed by atoms with van der Waals surface area (Å²) in [4.78, 5) is 9.64. The number of aliphatic imine (C=N–C) groups is 1. The summed E-state index contributed by atoms with van der Waals surface area (Å²) in [6.07, 6.45) is 0.987. The molecule has 7 heteroatoms. The maximum atomic E-state index is 5.36. The number of benzene rings is 1. The maximum absolute atomic E-state index is 5.36. The summed E-state index contributed by atoms with van der Waals surface area (Å²) in [7, 11) is 1.71. The molecule has 158 valence electrons. The molecule has 1 aromatic carbocycles. The van der Waals surface area contributed by atoms with Gasteiger partial charge in [-0.15, -0.1) is 0 Å². The number of nitrogens with one attached hydrogen (secondary N) is 1. The molecule has 0 bridgehead atoms. The average Bonchev–Trinajstić information content (AvgIpc) is 3.07. The third-order valence-corrected chi connectivity index (χ3v) is 5.23. The Morgan fingerprint density at radius 2 is 1.97 bits per heavy atom. The highest BCUT2D eigenvalue weighted by atomic mass is 16.5. The van der Waals surface area contributed by atoms with Gasteiger partial charge in [0.05, 0.1) is 12.8 Å². The maximum Gasteiger partial charge on any atom is 0.194 e. The van der Waals surface area contributed by atoms with Gasteiger partial charge in [0.15, 0.2) is 5.96 Å². The molecule has 29 heavy (non-hydrogen) atoms. The summed E-state index contributed by atoms with van der Waals surface area (Å²) < 4.78 is 7.43. The van der Waals surface area contributed by atoms with Gasteiger partial charge in [-0.05, 0) is 45.4 Å². The Bertz CT molecular complexity index is 807. The number of guanidine groups is 1. The molecular weight excluding hydrogens is 364 g/mol. The zero-order valence-electron chi connectivity index (χ0n) is 18.2. The molecule has 0 amide bonds. The number of ether oxygens (including phenoxy) is 1. The van der Waals surface area contributed by atoms with Crippen LogP contribution in [0.4, 0.5) is 5.69 Å². The Morgan fingerprint density at radius 3 is 2.62 bits per heavy atom. The first-order valence-electron chi connectivity index (χ1n) is 10.5. The van der Waals surface area contributed by atoms with E-state index in [0.717, 1.165) is 69.6 Å². The highest BCUT2D eigenvalue weighted by Crippen LogP contribution is 2.22. The van der Waals surface area contributed by atoms with Crippen molar-refractivity contribution >= 4 is 11.6 Å². The highest BCUT2D eigenvalue weighted by Gasteiger charge is 2.20. The van der Waals surface area contributed by atoms with Gasteiger partial charge in [-0.3, -0.25) is 9.67 Å². The fourth-order valence-electron chi connectivity index (χ4n) is 3.72. The monoisotopic (exact) mass is 398 g/mol. The minimum atomic E-state index is 0.802. The summed E-state index contributed by atoms with van der Waals surface area (Å²) >= 11 is 0. The molecule has 1 N–H and O–H groups in total. The molecule has 1 aliphatic heterocycles. The van der Waals surface area contributed by atoms with Crippen LogP contribution in [-0.2, 0) is 6.54 Å². The van der Waals surface area contributed by atoms with Crippen LogP contribution in [0, 0.1) is 13.8 Å². The van der Waals surface area contributed by atoms with Crippen LogP contribution in [0.3, 0.4) is 0 Å². The minimum absolute atomic E-state index is 0.802. The van der Waals surface area contributed by atoms with Crippen LogP contribution in [0.2, 0.25) is 0 Å². The van der Waals surface area contributed by atoms with Crippen molar-refractivity contribution in [2.24, 2.45) is 4.99 Å². The lowest BCUT2D eigenvalue weighted by Crippen LogP contribution is -2.52. The predicted octanol–water partition coefficient (Wildman–Crippen LogP) is 2.69. The fourth-order valence-corrected chi connectivity index (χ4v) is 3.72. The van der Waals surface area contributed by atoms with Crippen LogP contribution in [0.25, 0.3) is 0 Å². The van der Waals surface area contributed by atoms with Gasteiger partial charge in [0.2, 0.25) is 0 Å². The van der Waals surface area contributed by atoms with Gasteiger partial charge in [-0.2, -0.15) is 5.10 Å². The number of methoxy groups -OCH3 is 1. The van der Waals surface area contributed by atoms with E-state index in [1.165, 1.54) is 11.4 Å². The van der Waals surface area contributed by atoms with Gasteiger partial charge in [-0.1, -0.05) is 6.07 Å². The third kappa shape index (κ3) is 5.65. The smallest absolute Gasteiger partial charge is 0.194 e. The summed E-state index contributed by atoms with van der Waals surface area (Å²) in [6, 6.07) is 10.4. The molecule has 1 fully saturated rings. The first-order chi connectivity index (χ1) is 14.1. The van der Waals surface area contributed by atoms with E-state index in [1.54, 1.807) is 7.11 Å². The quantitative estimate of drug-likeness (QED) is 0.441. The molecule has 0 radical (unpaired) electrons. The number of nitrogens with zero attached hydrogens (tertiary/aromatic N) is 5. The van der Waals surface area contributed by atoms with Crippen molar-refractivity contribution < 1.29 is 4.74 Å².